The van der Waals surface area contributed by atoms with Gasteiger partial charge in [0.25, 0.3) is 0 Å². The third-order valence-electron chi connectivity index (χ3n) is 5.47. The molecule has 3 aliphatic heterocycles. The molecule has 0 atom stereocenters. The van der Waals surface area contributed by atoms with Crippen molar-refractivity contribution in [3.05, 3.63) is 77.6 Å². The first-order valence-electron chi connectivity index (χ1n) is 10.4. The maximum absolute atomic E-state index is 4.85. The van der Waals surface area contributed by atoms with Gasteiger partial charge in [0, 0.05) is 56.4 Å². The Morgan fingerprint density at radius 1 is 0.812 bits per heavy atom. The summed E-state index contributed by atoms with van der Waals surface area (Å²) in [5, 5.41) is 6.49. The smallest absolute Gasteiger partial charge is 0.241 e. The quantitative estimate of drug-likeness (QED) is 0.770. The zero-order chi connectivity index (χ0) is 22.2. The highest BCUT2D eigenvalue weighted by molar-refractivity contribution is 6.26. The van der Waals surface area contributed by atoms with Gasteiger partial charge in [-0.1, -0.05) is 18.2 Å². The van der Waals surface area contributed by atoms with Crippen molar-refractivity contribution in [3.63, 3.8) is 0 Å². The molecule has 0 spiro atoms. The van der Waals surface area contributed by atoms with Crippen LogP contribution in [0.4, 0.5) is 17.1 Å². The number of guanidine groups is 1. The van der Waals surface area contributed by atoms with E-state index in [0.29, 0.717) is 17.6 Å². The van der Waals surface area contributed by atoms with Crippen molar-refractivity contribution in [2.45, 2.75) is 0 Å². The second-order valence-electron chi connectivity index (χ2n) is 7.64. The predicted octanol–water partition coefficient (Wildman–Crippen LogP) is 3.52. The molecule has 0 fully saturated rings. The molecule has 0 aliphatic carbocycles. The fourth-order valence-corrected chi connectivity index (χ4v) is 3.80. The van der Waals surface area contributed by atoms with Crippen LogP contribution in [0, 0.1) is 0 Å². The maximum atomic E-state index is 4.85. The highest BCUT2D eigenvalue weighted by Gasteiger charge is 2.32. The van der Waals surface area contributed by atoms with Crippen LogP contribution in [0.25, 0.3) is 0 Å². The number of aliphatic imine (C=N–C) groups is 4. The van der Waals surface area contributed by atoms with Crippen LogP contribution in [0.2, 0.25) is 0 Å². The topological polar surface area (TPSA) is 80.0 Å². The lowest BCUT2D eigenvalue weighted by Crippen LogP contribution is -2.41. The Bertz CT molecular complexity index is 1280. The summed E-state index contributed by atoms with van der Waals surface area (Å²) in [5.41, 5.74) is 4.84. The summed E-state index contributed by atoms with van der Waals surface area (Å²) >= 11 is 0. The predicted molar refractivity (Wildman–Crippen MR) is 133 cm³/mol. The van der Waals surface area contributed by atoms with Crippen molar-refractivity contribution < 1.29 is 0 Å². The SMILES string of the molecule is CNc1ccccc1C1=NC2=CC=CC3=NC(c4ccc(N(C)C)cc4NC)=NC(=N1)N23. The van der Waals surface area contributed by atoms with Gasteiger partial charge >= 0.3 is 0 Å². The summed E-state index contributed by atoms with van der Waals surface area (Å²) in [6, 6.07) is 14.2. The number of benzene rings is 2. The van der Waals surface area contributed by atoms with Crippen molar-refractivity contribution in [2.24, 2.45) is 20.0 Å². The van der Waals surface area contributed by atoms with Crippen LogP contribution in [-0.4, -0.2) is 56.6 Å². The van der Waals surface area contributed by atoms with E-state index in [9.17, 15) is 0 Å². The lowest BCUT2D eigenvalue weighted by atomic mass is 10.1. The Balaban J connectivity index is 1.64. The van der Waals surface area contributed by atoms with Gasteiger partial charge in [0.15, 0.2) is 11.7 Å². The third kappa shape index (κ3) is 3.26. The van der Waals surface area contributed by atoms with Gasteiger partial charge < -0.3 is 15.5 Å². The Kier molecular flexibility index (Phi) is 4.82. The minimum absolute atomic E-state index is 0.551. The first-order valence-corrected chi connectivity index (χ1v) is 10.4. The van der Waals surface area contributed by atoms with Crippen LogP contribution in [-0.2, 0) is 0 Å². The van der Waals surface area contributed by atoms with Crippen molar-refractivity contribution in [3.8, 4) is 0 Å². The van der Waals surface area contributed by atoms with Gasteiger partial charge in [-0.15, -0.1) is 0 Å². The van der Waals surface area contributed by atoms with Gasteiger partial charge in [0.2, 0.25) is 5.96 Å². The number of hydrogen-bond acceptors (Lipinski definition) is 8. The molecular formula is C24H24N8. The molecule has 3 heterocycles. The first-order chi connectivity index (χ1) is 15.6. The van der Waals surface area contributed by atoms with Crippen LogP contribution in [0.1, 0.15) is 11.1 Å². The fraction of sp³-hybridized carbons (Fsp3) is 0.167. The van der Waals surface area contributed by atoms with E-state index in [4.69, 9.17) is 20.0 Å². The Hall–Kier alpha value is -4.20. The van der Waals surface area contributed by atoms with Crippen molar-refractivity contribution in [2.75, 3.05) is 43.7 Å². The molecule has 0 unspecified atom stereocenters. The van der Waals surface area contributed by atoms with Crippen LogP contribution < -0.4 is 15.5 Å². The molecule has 0 saturated carbocycles. The Morgan fingerprint density at radius 3 is 2.34 bits per heavy atom. The standard InChI is InChI=1S/C24H24N8/c1-25-18-9-6-5-8-16(18)22-27-20-10-7-11-21-28-23(30-24(29-22)32(20)21)17-13-12-15(31(3)4)14-19(17)26-2/h5-14,25-26H,1-4H3. The number of nitrogens with one attached hydrogen (secondary N) is 2. The van der Waals surface area contributed by atoms with Crippen LogP contribution in [0.3, 0.4) is 0 Å². The van der Waals surface area contributed by atoms with Gasteiger partial charge in [-0.05, 0) is 42.5 Å². The zero-order valence-corrected chi connectivity index (χ0v) is 18.5. The average Bonchev–Trinajstić information content (AvgIpc) is 2.83. The minimum atomic E-state index is 0.551. The molecule has 2 aromatic carbocycles. The molecule has 3 aliphatic rings. The van der Waals surface area contributed by atoms with E-state index in [1.54, 1.807) is 0 Å². The molecule has 32 heavy (non-hydrogen) atoms. The summed E-state index contributed by atoms with van der Waals surface area (Å²) in [7, 11) is 7.83. The summed E-state index contributed by atoms with van der Waals surface area (Å²) in [6.45, 7) is 0. The van der Waals surface area contributed by atoms with Crippen LogP contribution in [0.5, 0.6) is 0 Å². The lowest BCUT2D eigenvalue weighted by molar-refractivity contribution is 0.711. The largest absolute Gasteiger partial charge is 0.388 e. The number of allylic oxidation sites excluding steroid dienone is 2. The fourth-order valence-electron chi connectivity index (χ4n) is 3.80. The zero-order valence-electron chi connectivity index (χ0n) is 18.5. The van der Waals surface area contributed by atoms with Crippen molar-refractivity contribution >= 4 is 40.5 Å². The van der Waals surface area contributed by atoms with E-state index in [-0.39, 0.29) is 0 Å². The number of nitrogens with zero attached hydrogens (tertiary/aromatic N) is 6. The summed E-state index contributed by atoms with van der Waals surface area (Å²) in [5.74, 6) is 3.27. The van der Waals surface area contributed by atoms with E-state index in [1.165, 1.54) is 0 Å². The molecule has 5 rings (SSSR count). The summed E-state index contributed by atoms with van der Waals surface area (Å²) in [4.78, 5) is 23.2. The lowest BCUT2D eigenvalue weighted by Gasteiger charge is -2.31. The van der Waals surface area contributed by atoms with E-state index in [1.807, 2.05) is 81.7 Å². The highest BCUT2D eigenvalue weighted by atomic mass is 15.4. The molecule has 0 saturated heterocycles. The van der Waals surface area contributed by atoms with E-state index in [0.717, 1.165) is 39.8 Å². The molecule has 2 N–H and O–H groups in total. The maximum Gasteiger partial charge on any atom is 0.241 e. The van der Waals surface area contributed by atoms with E-state index < -0.39 is 0 Å². The molecular weight excluding hydrogens is 400 g/mol. The average molecular weight is 425 g/mol. The Morgan fingerprint density at radius 2 is 1.56 bits per heavy atom. The highest BCUT2D eigenvalue weighted by Crippen LogP contribution is 2.29. The number of rotatable bonds is 5. The van der Waals surface area contributed by atoms with Crippen molar-refractivity contribution in [1.29, 1.82) is 0 Å². The second kappa shape index (κ2) is 7.81. The molecule has 160 valence electrons. The van der Waals surface area contributed by atoms with Gasteiger partial charge in [-0.2, -0.15) is 9.98 Å². The van der Waals surface area contributed by atoms with Crippen LogP contribution in [0.15, 0.2) is 86.5 Å². The molecule has 2 aromatic rings. The number of hydrogen-bond donors (Lipinski definition) is 2. The number of para-hydroxylation sites is 1. The third-order valence-corrected chi connectivity index (χ3v) is 5.47. The monoisotopic (exact) mass is 424 g/mol. The molecule has 8 heteroatoms. The van der Waals surface area contributed by atoms with Gasteiger partial charge in [-0.25, -0.2) is 14.9 Å². The van der Waals surface area contributed by atoms with Crippen LogP contribution >= 0.6 is 0 Å². The summed E-state index contributed by atoms with van der Waals surface area (Å²) in [6.07, 6.45) is 5.85. The molecule has 0 bridgehead atoms. The molecule has 8 nitrogen and oxygen atoms in total. The molecule has 0 amide bonds. The number of anilines is 3. The summed E-state index contributed by atoms with van der Waals surface area (Å²) < 4.78 is 0. The minimum Gasteiger partial charge on any atom is -0.388 e. The van der Waals surface area contributed by atoms with E-state index in [2.05, 4.69) is 27.7 Å². The second-order valence-corrected chi connectivity index (χ2v) is 7.64. The van der Waals surface area contributed by atoms with E-state index >= 15 is 0 Å². The van der Waals surface area contributed by atoms with Crippen molar-refractivity contribution in [1.82, 2.24) is 4.90 Å². The molecule has 0 radical (unpaired) electrons. The van der Waals surface area contributed by atoms with Gasteiger partial charge in [0.05, 0.1) is 0 Å². The Labute approximate surface area is 187 Å². The normalized spacial score (nSPS) is 16.2. The van der Waals surface area contributed by atoms with Gasteiger partial charge in [0.1, 0.15) is 11.7 Å². The number of amidine groups is 3. The first kappa shape index (κ1) is 19.7. The molecule has 0 aromatic heterocycles. The van der Waals surface area contributed by atoms with Gasteiger partial charge in [-0.3, -0.25) is 0 Å².